The highest BCUT2D eigenvalue weighted by atomic mass is 35.5. The molecule has 174 valence electrons. The van der Waals surface area contributed by atoms with Gasteiger partial charge in [-0.3, -0.25) is 19.3 Å². The van der Waals surface area contributed by atoms with E-state index in [0.717, 1.165) is 4.90 Å². The van der Waals surface area contributed by atoms with Crippen LogP contribution in [-0.2, 0) is 19.9 Å². The number of urea groups is 1. The molecule has 2 aromatic carbocycles. The molecule has 0 aliphatic carbocycles. The molecule has 1 fully saturated rings. The van der Waals surface area contributed by atoms with Gasteiger partial charge in [-0.15, -0.1) is 0 Å². The van der Waals surface area contributed by atoms with Crippen LogP contribution in [0.4, 0.5) is 10.5 Å². The Hall–Kier alpha value is -3.10. The number of nitrogens with zero attached hydrogens (tertiary/aromatic N) is 2. The number of hydrogen-bond acceptors (Lipinski definition) is 4. The molecule has 0 bridgehead atoms. The summed E-state index contributed by atoms with van der Waals surface area (Å²) in [6.45, 7) is 2.98. The van der Waals surface area contributed by atoms with Gasteiger partial charge < -0.3 is 15.5 Å². The maximum absolute atomic E-state index is 13.1. The van der Waals surface area contributed by atoms with E-state index < -0.39 is 35.8 Å². The Kier molecular flexibility index (Phi) is 7.61. The standard InChI is InChI=1S/C23H24Cl2N4O4/c1-3-11-28(13-19(30)26-18-12-16(24)9-10-17(18)25)20(31)14-29-21(32)23(2,27-22(29)33)15-7-5-4-6-8-15/h4-10,12H,3,11,13-14H2,1-2H3,(H,26,30)(H,27,33). The van der Waals surface area contributed by atoms with Gasteiger partial charge in [0.2, 0.25) is 11.8 Å². The molecule has 2 aromatic rings. The average Bonchev–Trinajstić information content (AvgIpc) is 3.00. The van der Waals surface area contributed by atoms with E-state index in [1.165, 1.54) is 11.0 Å². The van der Waals surface area contributed by atoms with Crippen LogP contribution in [0.15, 0.2) is 48.5 Å². The monoisotopic (exact) mass is 490 g/mol. The highest BCUT2D eigenvalue weighted by Crippen LogP contribution is 2.29. The van der Waals surface area contributed by atoms with Gasteiger partial charge in [0.1, 0.15) is 12.1 Å². The Morgan fingerprint density at radius 3 is 2.48 bits per heavy atom. The van der Waals surface area contributed by atoms with Crippen LogP contribution < -0.4 is 10.6 Å². The number of benzene rings is 2. The molecule has 3 rings (SSSR count). The molecule has 8 nitrogen and oxygen atoms in total. The molecule has 1 aliphatic rings. The second-order valence-electron chi connectivity index (χ2n) is 7.80. The van der Waals surface area contributed by atoms with Crippen molar-refractivity contribution in [1.82, 2.24) is 15.1 Å². The van der Waals surface area contributed by atoms with Gasteiger partial charge in [-0.05, 0) is 37.1 Å². The quantitative estimate of drug-likeness (QED) is 0.551. The van der Waals surface area contributed by atoms with Crippen LogP contribution in [-0.4, -0.2) is 53.2 Å². The van der Waals surface area contributed by atoms with Gasteiger partial charge in [0, 0.05) is 11.6 Å². The van der Waals surface area contributed by atoms with Crippen molar-refractivity contribution in [2.24, 2.45) is 0 Å². The van der Waals surface area contributed by atoms with Gasteiger partial charge in [0.25, 0.3) is 5.91 Å². The first kappa shape index (κ1) is 24.5. The van der Waals surface area contributed by atoms with Crippen LogP contribution in [0, 0.1) is 0 Å². The smallest absolute Gasteiger partial charge is 0.325 e. The van der Waals surface area contributed by atoms with Crippen molar-refractivity contribution in [3.8, 4) is 0 Å². The maximum Gasteiger partial charge on any atom is 0.325 e. The van der Waals surface area contributed by atoms with Gasteiger partial charge in [-0.2, -0.15) is 0 Å². The normalized spacial score (nSPS) is 17.6. The fourth-order valence-corrected chi connectivity index (χ4v) is 3.90. The summed E-state index contributed by atoms with van der Waals surface area (Å²) in [5.41, 5.74) is -0.332. The number of halogens is 2. The summed E-state index contributed by atoms with van der Waals surface area (Å²) in [5, 5.41) is 6.00. The Morgan fingerprint density at radius 1 is 1.12 bits per heavy atom. The van der Waals surface area contributed by atoms with Crippen LogP contribution in [0.2, 0.25) is 10.0 Å². The van der Waals surface area contributed by atoms with Crippen molar-refractivity contribution in [3.05, 3.63) is 64.1 Å². The molecule has 0 aromatic heterocycles. The van der Waals surface area contributed by atoms with Crippen LogP contribution in [0.1, 0.15) is 25.8 Å². The van der Waals surface area contributed by atoms with E-state index in [-0.39, 0.29) is 13.1 Å². The Bertz CT molecular complexity index is 1080. The van der Waals surface area contributed by atoms with Gasteiger partial charge in [-0.1, -0.05) is 60.5 Å². The number of amides is 5. The summed E-state index contributed by atoms with van der Waals surface area (Å²) in [5.74, 6) is -1.53. The third-order valence-corrected chi connectivity index (χ3v) is 5.87. The minimum absolute atomic E-state index is 0.269. The lowest BCUT2D eigenvalue weighted by Gasteiger charge is -2.25. The number of nitrogens with one attached hydrogen (secondary N) is 2. The molecule has 1 heterocycles. The van der Waals surface area contributed by atoms with E-state index in [0.29, 0.717) is 27.7 Å². The van der Waals surface area contributed by atoms with E-state index in [1.807, 2.05) is 6.92 Å². The minimum Gasteiger partial charge on any atom is -0.332 e. The number of rotatable bonds is 8. The van der Waals surface area contributed by atoms with Crippen LogP contribution >= 0.6 is 23.2 Å². The first-order chi connectivity index (χ1) is 15.7. The summed E-state index contributed by atoms with van der Waals surface area (Å²) in [6.07, 6.45) is 0.582. The predicted molar refractivity (Wildman–Crippen MR) is 126 cm³/mol. The molecule has 1 unspecified atom stereocenters. The second-order valence-corrected chi connectivity index (χ2v) is 8.64. The average molecular weight is 491 g/mol. The predicted octanol–water partition coefficient (Wildman–Crippen LogP) is 3.64. The Labute approximate surface area is 201 Å². The summed E-state index contributed by atoms with van der Waals surface area (Å²) in [6, 6.07) is 12.8. The summed E-state index contributed by atoms with van der Waals surface area (Å²) >= 11 is 12.0. The fourth-order valence-electron chi connectivity index (χ4n) is 3.56. The number of anilines is 1. The summed E-state index contributed by atoms with van der Waals surface area (Å²) in [7, 11) is 0. The van der Waals surface area contributed by atoms with Crippen molar-refractivity contribution >= 4 is 52.6 Å². The van der Waals surface area contributed by atoms with Gasteiger partial charge >= 0.3 is 6.03 Å². The zero-order valence-corrected chi connectivity index (χ0v) is 19.7. The first-order valence-corrected chi connectivity index (χ1v) is 11.1. The Morgan fingerprint density at radius 2 is 1.82 bits per heavy atom. The molecule has 2 N–H and O–H groups in total. The summed E-state index contributed by atoms with van der Waals surface area (Å²) in [4.78, 5) is 53.3. The molecule has 0 radical (unpaired) electrons. The third kappa shape index (κ3) is 5.46. The molecular weight excluding hydrogens is 467 g/mol. The van der Waals surface area contributed by atoms with Crippen molar-refractivity contribution < 1.29 is 19.2 Å². The second kappa shape index (κ2) is 10.2. The minimum atomic E-state index is -1.27. The SMILES string of the molecule is CCCN(CC(=O)Nc1cc(Cl)ccc1Cl)C(=O)CN1C(=O)NC(C)(c2ccccc2)C1=O. The Balaban J connectivity index is 1.69. The third-order valence-electron chi connectivity index (χ3n) is 5.30. The molecule has 0 spiro atoms. The zero-order chi connectivity index (χ0) is 24.2. The van der Waals surface area contributed by atoms with Crippen LogP contribution in [0.3, 0.4) is 0 Å². The highest BCUT2D eigenvalue weighted by molar-refractivity contribution is 6.35. The van der Waals surface area contributed by atoms with Crippen LogP contribution in [0.25, 0.3) is 0 Å². The lowest BCUT2D eigenvalue weighted by atomic mass is 9.92. The number of hydrogen-bond donors (Lipinski definition) is 2. The largest absolute Gasteiger partial charge is 0.332 e. The summed E-state index contributed by atoms with van der Waals surface area (Å²) < 4.78 is 0. The number of carbonyl (C=O) groups excluding carboxylic acids is 4. The molecule has 33 heavy (non-hydrogen) atoms. The molecule has 1 saturated heterocycles. The van der Waals surface area contributed by atoms with Crippen molar-refractivity contribution in [3.63, 3.8) is 0 Å². The molecular formula is C23H24Cl2N4O4. The van der Waals surface area contributed by atoms with E-state index in [1.54, 1.807) is 49.4 Å². The maximum atomic E-state index is 13.1. The molecule has 1 atom stereocenters. The van der Waals surface area contributed by atoms with Crippen molar-refractivity contribution in [2.45, 2.75) is 25.8 Å². The number of imide groups is 1. The lowest BCUT2D eigenvalue weighted by molar-refractivity contribution is -0.140. The number of carbonyl (C=O) groups is 4. The first-order valence-electron chi connectivity index (χ1n) is 10.4. The van der Waals surface area contributed by atoms with Crippen LogP contribution in [0.5, 0.6) is 0 Å². The molecule has 0 saturated carbocycles. The van der Waals surface area contributed by atoms with E-state index in [2.05, 4.69) is 10.6 Å². The lowest BCUT2D eigenvalue weighted by Crippen LogP contribution is -2.46. The fraction of sp³-hybridized carbons (Fsp3) is 0.304. The van der Waals surface area contributed by atoms with Crippen molar-refractivity contribution in [2.75, 3.05) is 25.0 Å². The van der Waals surface area contributed by atoms with E-state index >= 15 is 0 Å². The molecule has 5 amide bonds. The highest BCUT2D eigenvalue weighted by Gasteiger charge is 2.49. The van der Waals surface area contributed by atoms with E-state index in [9.17, 15) is 19.2 Å². The zero-order valence-electron chi connectivity index (χ0n) is 18.2. The molecule has 1 aliphatic heterocycles. The van der Waals surface area contributed by atoms with E-state index in [4.69, 9.17) is 23.2 Å². The molecule has 10 heteroatoms. The van der Waals surface area contributed by atoms with Gasteiger partial charge in [0.15, 0.2) is 0 Å². The van der Waals surface area contributed by atoms with Gasteiger partial charge in [-0.25, -0.2) is 4.79 Å². The van der Waals surface area contributed by atoms with Crippen molar-refractivity contribution in [1.29, 1.82) is 0 Å². The van der Waals surface area contributed by atoms with Gasteiger partial charge in [0.05, 0.1) is 17.3 Å². The topological polar surface area (TPSA) is 98.8 Å².